The SMILES string of the molecule is CCOCCCC(=O)NCC(C)CNC. The number of hydrogen-bond acceptors (Lipinski definition) is 3. The fourth-order valence-electron chi connectivity index (χ4n) is 1.28. The van der Waals surface area contributed by atoms with Gasteiger partial charge in [-0.1, -0.05) is 6.92 Å². The van der Waals surface area contributed by atoms with Crippen LogP contribution in [0.3, 0.4) is 0 Å². The molecule has 0 fully saturated rings. The van der Waals surface area contributed by atoms with E-state index in [4.69, 9.17) is 4.74 Å². The number of carbonyl (C=O) groups excluding carboxylic acids is 1. The lowest BCUT2D eigenvalue weighted by Gasteiger charge is -2.11. The molecule has 1 atom stereocenters. The maximum atomic E-state index is 11.3. The Balaban J connectivity index is 3.32. The molecule has 0 aliphatic rings. The monoisotopic (exact) mass is 216 g/mol. The van der Waals surface area contributed by atoms with Crippen LogP contribution < -0.4 is 10.6 Å². The van der Waals surface area contributed by atoms with Gasteiger partial charge in [-0.15, -0.1) is 0 Å². The topological polar surface area (TPSA) is 50.4 Å². The zero-order valence-corrected chi connectivity index (χ0v) is 10.1. The summed E-state index contributed by atoms with van der Waals surface area (Å²) in [5, 5.41) is 5.99. The highest BCUT2D eigenvalue weighted by molar-refractivity contribution is 5.75. The summed E-state index contributed by atoms with van der Waals surface area (Å²) in [4.78, 5) is 11.3. The van der Waals surface area contributed by atoms with Crippen LogP contribution >= 0.6 is 0 Å². The van der Waals surface area contributed by atoms with E-state index in [1.165, 1.54) is 0 Å². The van der Waals surface area contributed by atoms with Crippen molar-refractivity contribution in [1.82, 2.24) is 10.6 Å². The summed E-state index contributed by atoms with van der Waals surface area (Å²) >= 11 is 0. The first-order valence-electron chi connectivity index (χ1n) is 5.69. The molecular formula is C11H24N2O2. The second-order valence-corrected chi connectivity index (χ2v) is 3.77. The molecule has 0 spiro atoms. The van der Waals surface area contributed by atoms with Crippen molar-refractivity contribution in [3.8, 4) is 0 Å². The average Bonchev–Trinajstić information content (AvgIpc) is 2.22. The van der Waals surface area contributed by atoms with Crippen molar-refractivity contribution >= 4 is 5.91 Å². The molecule has 0 heterocycles. The van der Waals surface area contributed by atoms with Crippen molar-refractivity contribution < 1.29 is 9.53 Å². The summed E-state index contributed by atoms with van der Waals surface area (Å²) in [6.07, 6.45) is 1.37. The third kappa shape index (κ3) is 9.69. The molecule has 1 amide bonds. The molecule has 0 aromatic heterocycles. The van der Waals surface area contributed by atoms with Crippen LogP contribution in [0.25, 0.3) is 0 Å². The van der Waals surface area contributed by atoms with E-state index in [9.17, 15) is 4.79 Å². The van der Waals surface area contributed by atoms with Crippen LogP contribution in [-0.4, -0.2) is 39.3 Å². The predicted molar refractivity (Wildman–Crippen MR) is 61.8 cm³/mol. The summed E-state index contributed by atoms with van der Waals surface area (Å²) in [7, 11) is 1.92. The molecule has 0 aliphatic heterocycles. The standard InChI is InChI=1S/C11H24N2O2/c1-4-15-7-5-6-11(14)13-9-10(2)8-12-3/h10,12H,4-9H2,1-3H3,(H,13,14). The highest BCUT2D eigenvalue weighted by Gasteiger charge is 2.04. The molecule has 4 heteroatoms. The van der Waals surface area contributed by atoms with E-state index < -0.39 is 0 Å². The van der Waals surface area contributed by atoms with Crippen molar-refractivity contribution in [2.45, 2.75) is 26.7 Å². The lowest BCUT2D eigenvalue weighted by Crippen LogP contribution is -2.32. The van der Waals surface area contributed by atoms with Gasteiger partial charge in [0.1, 0.15) is 0 Å². The predicted octanol–water partition coefficient (Wildman–Crippen LogP) is 0.775. The average molecular weight is 216 g/mol. The van der Waals surface area contributed by atoms with Crippen molar-refractivity contribution in [1.29, 1.82) is 0 Å². The van der Waals surface area contributed by atoms with Crippen molar-refractivity contribution in [2.24, 2.45) is 5.92 Å². The Kier molecular flexibility index (Phi) is 9.52. The van der Waals surface area contributed by atoms with Crippen LogP contribution in [0.15, 0.2) is 0 Å². The molecule has 0 bridgehead atoms. The molecule has 0 radical (unpaired) electrons. The first-order chi connectivity index (χ1) is 7.20. The maximum absolute atomic E-state index is 11.3. The first-order valence-corrected chi connectivity index (χ1v) is 5.69. The third-order valence-corrected chi connectivity index (χ3v) is 2.10. The fraction of sp³-hybridized carbons (Fsp3) is 0.909. The van der Waals surface area contributed by atoms with E-state index in [2.05, 4.69) is 17.6 Å². The summed E-state index contributed by atoms with van der Waals surface area (Å²) in [6.45, 7) is 7.14. The fourth-order valence-corrected chi connectivity index (χ4v) is 1.28. The quantitative estimate of drug-likeness (QED) is 0.560. The van der Waals surface area contributed by atoms with Gasteiger partial charge in [0.05, 0.1) is 0 Å². The molecule has 2 N–H and O–H groups in total. The smallest absolute Gasteiger partial charge is 0.220 e. The normalized spacial score (nSPS) is 12.5. The molecule has 0 aromatic rings. The van der Waals surface area contributed by atoms with Gasteiger partial charge in [0.2, 0.25) is 5.91 Å². The Bertz CT molecular complexity index is 163. The van der Waals surface area contributed by atoms with Crippen molar-refractivity contribution in [3.05, 3.63) is 0 Å². The summed E-state index contributed by atoms with van der Waals surface area (Å²) in [5.74, 6) is 0.600. The van der Waals surface area contributed by atoms with Crippen LogP contribution in [-0.2, 0) is 9.53 Å². The molecular weight excluding hydrogens is 192 g/mol. The van der Waals surface area contributed by atoms with Crippen LogP contribution in [0.2, 0.25) is 0 Å². The molecule has 4 nitrogen and oxygen atoms in total. The Morgan fingerprint density at radius 3 is 2.73 bits per heavy atom. The van der Waals surface area contributed by atoms with Crippen molar-refractivity contribution in [3.63, 3.8) is 0 Å². The summed E-state index contributed by atoms with van der Waals surface area (Å²) in [5.41, 5.74) is 0. The minimum absolute atomic E-state index is 0.123. The first kappa shape index (κ1) is 14.4. The zero-order valence-electron chi connectivity index (χ0n) is 10.1. The second kappa shape index (κ2) is 9.93. The lowest BCUT2D eigenvalue weighted by atomic mass is 10.2. The number of hydrogen-bond donors (Lipinski definition) is 2. The minimum Gasteiger partial charge on any atom is -0.382 e. The summed E-state index contributed by atoms with van der Waals surface area (Å²) in [6, 6.07) is 0. The van der Waals surface area contributed by atoms with E-state index >= 15 is 0 Å². The highest BCUT2D eigenvalue weighted by Crippen LogP contribution is 1.93. The maximum Gasteiger partial charge on any atom is 0.220 e. The van der Waals surface area contributed by atoms with Crippen LogP contribution in [0.5, 0.6) is 0 Å². The minimum atomic E-state index is 0.123. The van der Waals surface area contributed by atoms with E-state index in [1.54, 1.807) is 0 Å². The molecule has 0 rings (SSSR count). The number of amides is 1. The van der Waals surface area contributed by atoms with Crippen LogP contribution in [0.4, 0.5) is 0 Å². The third-order valence-electron chi connectivity index (χ3n) is 2.10. The number of rotatable bonds is 9. The van der Waals surface area contributed by atoms with Gasteiger partial charge in [-0.3, -0.25) is 4.79 Å². The zero-order chi connectivity index (χ0) is 11.5. The van der Waals surface area contributed by atoms with Gasteiger partial charge < -0.3 is 15.4 Å². The van der Waals surface area contributed by atoms with Crippen molar-refractivity contribution in [2.75, 3.05) is 33.4 Å². The van der Waals surface area contributed by atoms with Gasteiger partial charge in [-0.2, -0.15) is 0 Å². The van der Waals surface area contributed by atoms with Gasteiger partial charge in [0, 0.05) is 26.2 Å². The number of ether oxygens (including phenoxy) is 1. The number of nitrogens with one attached hydrogen (secondary N) is 2. The largest absolute Gasteiger partial charge is 0.382 e. The van der Waals surface area contributed by atoms with Gasteiger partial charge in [-0.25, -0.2) is 0 Å². The Hall–Kier alpha value is -0.610. The number of carbonyl (C=O) groups is 1. The van der Waals surface area contributed by atoms with Gasteiger partial charge in [0.15, 0.2) is 0 Å². The second-order valence-electron chi connectivity index (χ2n) is 3.77. The van der Waals surface area contributed by atoms with Crippen LogP contribution in [0.1, 0.15) is 26.7 Å². The van der Waals surface area contributed by atoms with Gasteiger partial charge in [-0.05, 0) is 32.9 Å². The molecule has 1 unspecified atom stereocenters. The van der Waals surface area contributed by atoms with Crippen LogP contribution in [0, 0.1) is 5.92 Å². The molecule has 0 aromatic carbocycles. The Morgan fingerprint density at radius 2 is 2.13 bits per heavy atom. The van der Waals surface area contributed by atoms with Gasteiger partial charge in [0.25, 0.3) is 0 Å². The van der Waals surface area contributed by atoms with Gasteiger partial charge >= 0.3 is 0 Å². The van der Waals surface area contributed by atoms with E-state index in [0.717, 1.165) is 26.1 Å². The van der Waals surface area contributed by atoms with E-state index in [0.29, 0.717) is 18.9 Å². The molecule has 0 saturated carbocycles. The summed E-state index contributed by atoms with van der Waals surface area (Å²) < 4.78 is 5.16. The molecule has 0 saturated heterocycles. The van der Waals surface area contributed by atoms with E-state index in [1.807, 2.05) is 14.0 Å². The Morgan fingerprint density at radius 1 is 1.40 bits per heavy atom. The molecule has 15 heavy (non-hydrogen) atoms. The Labute approximate surface area is 92.8 Å². The highest BCUT2D eigenvalue weighted by atomic mass is 16.5. The lowest BCUT2D eigenvalue weighted by molar-refractivity contribution is -0.121. The van der Waals surface area contributed by atoms with E-state index in [-0.39, 0.29) is 5.91 Å². The molecule has 90 valence electrons. The molecule has 0 aliphatic carbocycles.